The van der Waals surface area contributed by atoms with Crippen LogP contribution in [-0.2, 0) is 16.1 Å². The van der Waals surface area contributed by atoms with Crippen molar-refractivity contribution in [3.05, 3.63) is 35.4 Å². The summed E-state index contributed by atoms with van der Waals surface area (Å²) in [4.78, 5) is 13.8. The van der Waals surface area contributed by atoms with Gasteiger partial charge in [0.1, 0.15) is 6.04 Å². The van der Waals surface area contributed by atoms with Gasteiger partial charge in [-0.15, -0.1) is 0 Å². The molecule has 1 fully saturated rings. The third-order valence-electron chi connectivity index (χ3n) is 3.82. The van der Waals surface area contributed by atoms with Crippen molar-refractivity contribution < 1.29 is 9.53 Å². The molecular weight excluding hydrogens is 240 g/mol. The van der Waals surface area contributed by atoms with Crippen LogP contribution in [0.25, 0.3) is 0 Å². The first-order valence-corrected chi connectivity index (χ1v) is 6.71. The molecule has 1 saturated heterocycles. The summed E-state index contributed by atoms with van der Waals surface area (Å²) < 4.78 is 4.71. The third kappa shape index (κ3) is 3.55. The minimum atomic E-state index is -0.493. The van der Waals surface area contributed by atoms with Crippen molar-refractivity contribution in [1.82, 2.24) is 4.90 Å². The molecule has 104 valence electrons. The fourth-order valence-electron chi connectivity index (χ4n) is 2.58. The van der Waals surface area contributed by atoms with Gasteiger partial charge in [0.2, 0.25) is 0 Å². The number of methoxy groups -OCH3 is 1. The lowest BCUT2D eigenvalue weighted by Gasteiger charge is -2.19. The molecule has 1 aromatic rings. The summed E-state index contributed by atoms with van der Waals surface area (Å²) in [5, 5.41) is 0. The maximum Gasteiger partial charge on any atom is 0.322 e. The number of carbonyl (C=O) groups excluding carboxylic acids is 1. The predicted octanol–water partition coefficient (Wildman–Crippen LogP) is 1.32. The number of hydrogen-bond donors (Lipinski definition) is 1. The van der Waals surface area contributed by atoms with Crippen molar-refractivity contribution in [3.8, 4) is 0 Å². The second-order valence-electron chi connectivity index (χ2n) is 5.32. The van der Waals surface area contributed by atoms with Crippen molar-refractivity contribution in [3.63, 3.8) is 0 Å². The average Bonchev–Trinajstić information content (AvgIpc) is 2.88. The maximum absolute atomic E-state index is 11.4. The van der Waals surface area contributed by atoms with Crippen LogP contribution in [0.4, 0.5) is 0 Å². The Kier molecular flexibility index (Phi) is 4.56. The molecule has 19 heavy (non-hydrogen) atoms. The minimum absolute atomic E-state index is 0.206. The second-order valence-corrected chi connectivity index (χ2v) is 5.32. The highest BCUT2D eigenvalue weighted by atomic mass is 16.5. The lowest BCUT2D eigenvalue weighted by molar-refractivity contribution is -0.143. The molecule has 1 aliphatic rings. The maximum atomic E-state index is 11.4. The van der Waals surface area contributed by atoms with E-state index in [0.717, 1.165) is 26.1 Å². The van der Waals surface area contributed by atoms with Crippen molar-refractivity contribution in [2.45, 2.75) is 25.9 Å². The van der Waals surface area contributed by atoms with Gasteiger partial charge >= 0.3 is 5.97 Å². The van der Waals surface area contributed by atoms with Gasteiger partial charge in [0.25, 0.3) is 0 Å². The molecule has 2 unspecified atom stereocenters. The number of nitrogens with zero attached hydrogens (tertiary/aromatic N) is 1. The average molecular weight is 262 g/mol. The van der Waals surface area contributed by atoms with E-state index in [-0.39, 0.29) is 11.9 Å². The first kappa shape index (κ1) is 14.0. The van der Waals surface area contributed by atoms with E-state index in [4.69, 9.17) is 10.5 Å². The Morgan fingerprint density at radius 2 is 2.16 bits per heavy atom. The van der Waals surface area contributed by atoms with Crippen LogP contribution in [0, 0.1) is 12.8 Å². The standard InChI is InChI=1S/C15H22N2O2/c1-11-3-5-12(6-4-11)9-17-8-7-13(10-17)14(16)15(18)19-2/h3-6,13-14H,7-10,16H2,1-2H3. The van der Waals surface area contributed by atoms with Gasteiger partial charge in [-0.2, -0.15) is 0 Å². The number of likely N-dealkylation sites (tertiary alicyclic amines) is 1. The quantitative estimate of drug-likeness (QED) is 0.831. The monoisotopic (exact) mass is 262 g/mol. The number of hydrogen-bond acceptors (Lipinski definition) is 4. The summed E-state index contributed by atoms with van der Waals surface area (Å²) in [5.74, 6) is -0.0971. The molecule has 0 amide bonds. The molecule has 2 atom stereocenters. The Labute approximate surface area is 114 Å². The molecular formula is C15H22N2O2. The number of benzene rings is 1. The molecule has 0 saturated carbocycles. The highest BCUT2D eigenvalue weighted by Gasteiger charge is 2.31. The molecule has 0 aliphatic carbocycles. The van der Waals surface area contributed by atoms with Gasteiger partial charge in [0, 0.05) is 13.1 Å². The molecule has 0 bridgehead atoms. The van der Waals surface area contributed by atoms with E-state index in [1.54, 1.807) is 0 Å². The summed E-state index contributed by atoms with van der Waals surface area (Å²) in [5.41, 5.74) is 8.48. The molecule has 2 rings (SSSR count). The van der Waals surface area contributed by atoms with Crippen LogP contribution in [0.1, 0.15) is 17.5 Å². The van der Waals surface area contributed by atoms with Gasteiger partial charge in [0.15, 0.2) is 0 Å². The van der Waals surface area contributed by atoms with E-state index in [2.05, 4.69) is 36.1 Å². The Bertz CT molecular complexity index is 430. The number of nitrogens with two attached hydrogens (primary N) is 1. The number of esters is 1. The predicted molar refractivity (Wildman–Crippen MR) is 74.6 cm³/mol. The molecule has 0 aromatic heterocycles. The molecule has 4 heteroatoms. The first-order valence-electron chi connectivity index (χ1n) is 6.71. The van der Waals surface area contributed by atoms with E-state index in [1.165, 1.54) is 18.2 Å². The zero-order chi connectivity index (χ0) is 13.8. The molecule has 0 radical (unpaired) electrons. The topological polar surface area (TPSA) is 55.6 Å². The Morgan fingerprint density at radius 3 is 2.79 bits per heavy atom. The van der Waals surface area contributed by atoms with Gasteiger partial charge in [-0.3, -0.25) is 9.69 Å². The third-order valence-corrected chi connectivity index (χ3v) is 3.82. The fraction of sp³-hybridized carbons (Fsp3) is 0.533. The van der Waals surface area contributed by atoms with Crippen molar-refractivity contribution in [1.29, 1.82) is 0 Å². The van der Waals surface area contributed by atoms with Crippen LogP contribution in [0.15, 0.2) is 24.3 Å². The zero-order valence-electron chi connectivity index (χ0n) is 11.6. The summed E-state index contributed by atoms with van der Waals surface area (Å²) >= 11 is 0. The zero-order valence-corrected chi connectivity index (χ0v) is 11.6. The van der Waals surface area contributed by atoms with Crippen LogP contribution in [0.5, 0.6) is 0 Å². The van der Waals surface area contributed by atoms with Crippen molar-refractivity contribution in [2.24, 2.45) is 11.7 Å². The van der Waals surface area contributed by atoms with Gasteiger partial charge in [0.05, 0.1) is 7.11 Å². The molecule has 1 aliphatic heterocycles. The lowest BCUT2D eigenvalue weighted by Crippen LogP contribution is -2.40. The van der Waals surface area contributed by atoms with Gasteiger partial charge in [-0.05, 0) is 31.4 Å². The normalized spacial score (nSPS) is 21.3. The van der Waals surface area contributed by atoms with Crippen molar-refractivity contribution >= 4 is 5.97 Å². The molecule has 0 spiro atoms. The molecule has 2 N–H and O–H groups in total. The van der Waals surface area contributed by atoms with Crippen LogP contribution in [-0.4, -0.2) is 37.1 Å². The highest BCUT2D eigenvalue weighted by molar-refractivity contribution is 5.75. The van der Waals surface area contributed by atoms with E-state index in [1.807, 2.05) is 0 Å². The number of ether oxygens (including phenoxy) is 1. The summed E-state index contributed by atoms with van der Waals surface area (Å²) in [6.45, 7) is 4.86. The summed E-state index contributed by atoms with van der Waals surface area (Å²) in [6.07, 6.45) is 0.960. The van der Waals surface area contributed by atoms with Crippen LogP contribution in [0.2, 0.25) is 0 Å². The number of rotatable bonds is 4. The largest absolute Gasteiger partial charge is 0.468 e. The smallest absolute Gasteiger partial charge is 0.322 e. The van der Waals surface area contributed by atoms with Gasteiger partial charge in [-0.1, -0.05) is 29.8 Å². The SMILES string of the molecule is COC(=O)C(N)C1CCN(Cc2ccc(C)cc2)C1. The Morgan fingerprint density at radius 1 is 1.47 bits per heavy atom. The van der Waals surface area contributed by atoms with E-state index >= 15 is 0 Å². The van der Waals surface area contributed by atoms with E-state index in [9.17, 15) is 4.79 Å². The van der Waals surface area contributed by atoms with Crippen LogP contribution in [0.3, 0.4) is 0 Å². The molecule has 1 heterocycles. The van der Waals surface area contributed by atoms with E-state index in [0.29, 0.717) is 0 Å². The minimum Gasteiger partial charge on any atom is -0.468 e. The summed E-state index contributed by atoms with van der Waals surface area (Å²) in [7, 11) is 1.39. The van der Waals surface area contributed by atoms with Gasteiger partial charge in [-0.25, -0.2) is 0 Å². The summed E-state index contributed by atoms with van der Waals surface area (Å²) in [6, 6.07) is 8.07. The van der Waals surface area contributed by atoms with Crippen LogP contribution < -0.4 is 5.73 Å². The number of aryl methyl sites for hydroxylation is 1. The van der Waals surface area contributed by atoms with E-state index < -0.39 is 6.04 Å². The highest BCUT2D eigenvalue weighted by Crippen LogP contribution is 2.21. The Balaban J connectivity index is 1.88. The fourth-order valence-corrected chi connectivity index (χ4v) is 2.58. The lowest BCUT2D eigenvalue weighted by atomic mass is 10.0. The second kappa shape index (κ2) is 6.17. The van der Waals surface area contributed by atoms with Crippen molar-refractivity contribution in [2.75, 3.05) is 20.2 Å². The van der Waals surface area contributed by atoms with Crippen LogP contribution >= 0.6 is 0 Å². The Hall–Kier alpha value is -1.39. The number of carbonyl (C=O) groups is 1. The molecule has 1 aromatic carbocycles. The molecule has 4 nitrogen and oxygen atoms in total. The first-order chi connectivity index (χ1) is 9.10. The van der Waals surface area contributed by atoms with Gasteiger partial charge < -0.3 is 10.5 Å².